The van der Waals surface area contributed by atoms with E-state index in [-0.39, 0.29) is 0 Å². The molecule has 0 unspecified atom stereocenters. The third kappa shape index (κ3) is 4.94. The van der Waals surface area contributed by atoms with Gasteiger partial charge >= 0.3 is 0 Å². The van der Waals surface area contributed by atoms with Gasteiger partial charge in [0, 0.05) is 13.7 Å². The Labute approximate surface area is 88.6 Å². The minimum atomic E-state index is 0.817. The molecular formula is C11H26NO2+. The third-order valence-corrected chi connectivity index (χ3v) is 3.03. The van der Waals surface area contributed by atoms with Crippen molar-refractivity contribution < 1.29 is 14.0 Å². The number of quaternary nitrogens is 1. The van der Waals surface area contributed by atoms with Gasteiger partial charge in [-0.1, -0.05) is 0 Å². The van der Waals surface area contributed by atoms with Crippen molar-refractivity contribution in [3.8, 4) is 0 Å². The molecule has 0 amide bonds. The Morgan fingerprint density at radius 1 is 0.929 bits per heavy atom. The summed E-state index contributed by atoms with van der Waals surface area (Å²) in [6.07, 6.45) is 0. The fourth-order valence-electron chi connectivity index (χ4n) is 1.66. The lowest BCUT2D eigenvalue weighted by Gasteiger charge is -2.36. The molecule has 0 aromatic rings. The zero-order valence-corrected chi connectivity index (χ0v) is 10.2. The number of hydrogen-bond donors (Lipinski definition) is 0. The average Bonchev–Trinajstić information content (AvgIpc) is 2.24. The lowest BCUT2D eigenvalue weighted by Crippen LogP contribution is -2.51. The first kappa shape index (κ1) is 13.9. The Kier molecular flexibility index (Phi) is 8.14. The highest BCUT2D eigenvalue weighted by Gasteiger charge is 2.22. The van der Waals surface area contributed by atoms with Crippen molar-refractivity contribution >= 4 is 0 Å². The molecule has 3 heteroatoms. The van der Waals surface area contributed by atoms with Crippen LogP contribution in [0.2, 0.25) is 0 Å². The van der Waals surface area contributed by atoms with Gasteiger partial charge in [0.05, 0.1) is 26.3 Å². The molecule has 0 aliphatic carbocycles. The van der Waals surface area contributed by atoms with Gasteiger partial charge in [-0.25, -0.2) is 0 Å². The molecular weight excluding hydrogens is 178 g/mol. The summed E-state index contributed by atoms with van der Waals surface area (Å²) in [4.78, 5) is 0. The van der Waals surface area contributed by atoms with Crippen LogP contribution in [0.3, 0.4) is 0 Å². The Morgan fingerprint density at radius 3 is 1.93 bits per heavy atom. The van der Waals surface area contributed by atoms with E-state index in [0.717, 1.165) is 50.5 Å². The molecule has 0 aromatic carbocycles. The van der Waals surface area contributed by atoms with Gasteiger partial charge in [-0.2, -0.15) is 0 Å². The minimum absolute atomic E-state index is 0.817. The van der Waals surface area contributed by atoms with Gasteiger partial charge in [-0.3, -0.25) is 0 Å². The number of methoxy groups -OCH3 is 1. The summed E-state index contributed by atoms with van der Waals surface area (Å²) in [7, 11) is 1.77. The molecule has 0 aromatic heterocycles. The van der Waals surface area contributed by atoms with Crippen molar-refractivity contribution in [3.05, 3.63) is 0 Å². The molecule has 0 saturated heterocycles. The number of ether oxygens (including phenoxy) is 2. The highest BCUT2D eigenvalue weighted by Crippen LogP contribution is 2.05. The van der Waals surface area contributed by atoms with E-state index in [1.807, 2.05) is 6.92 Å². The van der Waals surface area contributed by atoms with Crippen LogP contribution < -0.4 is 0 Å². The van der Waals surface area contributed by atoms with E-state index in [1.165, 1.54) is 0 Å². The van der Waals surface area contributed by atoms with E-state index in [1.54, 1.807) is 7.11 Å². The Balaban J connectivity index is 3.94. The average molecular weight is 204 g/mol. The largest absolute Gasteiger partial charge is 0.379 e. The van der Waals surface area contributed by atoms with Crippen LogP contribution in [0.1, 0.15) is 20.8 Å². The molecule has 0 heterocycles. The molecule has 0 aliphatic rings. The van der Waals surface area contributed by atoms with Crippen LogP contribution in [0.15, 0.2) is 0 Å². The van der Waals surface area contributed by atoms with Crippen LogP contribution in [-0.2, 0) is 9.47 Å². The molecule has 86 valence electrons. The quantitative estimate of drug-likeness (QED) is 0.419. The second-order valence-electron chi connectivity index (χ2n) is 3.61. The van der Waals surface area contributed by atoms with Crippen molar-refractivity contribution in [3.63, 3.8) is 0 Å². The number of hydrogen-bond acceptors (Lipinski definition) is 2. The Morgan fingerprint density at radius 2 is 1.50 bits per heavy atom. The van der Waals surface area contributed by atoms with E-state index in [4.69, 9.17) is 9.47 Å². The van der Waals surface area contributed by atoms with Gasteiger partial charge in [0.25, 0.3) is 0 Å². The predicted molar refractivity (Wildman–Crippen MR) is 59.4 cm³/mol. The second kappa shape index (κ2) is 8.21. The molecule has 3 nitrogen and oxygen atoms in total. The number of likely N-dealkylation sites (N-methyl/N-ethyl adjacent to an activating group) is 1. The van der Waals surface area contributed by atoms with E-state index >= 15 is 0 Å². The molecule has 0 N–H and O–H groups in total. The van der Waals surface area contributed by atoms with Gasteiger partial charge in [-0.05, 0) is 20.8 Å². The van der Waals surface area contributed by atoms with Crippen molar-refractivity contribution in [2.24, 2.45) is 0 Å². The molecule has 0 spiro atoms. The van der Waals surface area contributed by atoms with Crippen LogP contribution >= 0.6 is 0 Å². The summed E-state index contributed by atoms with van der Waals surface area (Å²) in [5, 5.41) is 0. The van der Waals surface area contributed by atoms with Crippen molar-refractivity contribution in [1.29, 1.82) is 0 Å². The summed E-state index contributed by atoms with van der Waals surface area (Å²) in [5.41, 5.74) is 0. The fraction of sp³-hybridized carbons (Fsp3) is 1.00. The SMILES string of the molecule is CCOCC[N+](CC)(CC)CCOC. The fourth-order valence-corrected chi connectivity index (χ4v) is 1.66. The van der Waals surface area contributed by atoms with E-state index in [2.05, 4.69) is 13.8 Å². The maximum absolute atomic E-state index is 5.42. The highest BCUT2D eigenvalue weighted by atomic mass is 16.5. The zero-order chi connectivity index (χ0) is 10.9. The second-order valence-corrected chi connectivity index (χ2v) is 3.61. The molecule has 0 saturated carbocycles. The Bertz CT molecular complexity index is 124. The molecule has 0 aliphatic heterocycles. The van der Waals surface area contributed by atoms with Gasteiger partial charge in [0.1, 0.15) is 13.1 Å². The first-order valence-corrected chi connectivity index (χ1v) is 5.66. The smallest absolute Gasteiger partial charge is 0.102 e. The number of rotatable bonds is 9. The normalized spacial score (nSPS) is 12.0. The molecule has 14 heavy (non-hydrogen) atoms. The lowest BCUT2D eigenvalue weighted by atomic mass is 10.3. The zero-order valence-electron chi connectivity index (χ0n) is 10.2. The van der Waals surface area contributed by atoms with Gasteiger partial charge < -0.3 is 14.0 Å². The van der Waals surface area contributed by atoms with Crippen LogP contribution in [-0.4, -0.2) is 57.6 Å². The van der Waals surface area contributed by atoms with E-state index in [9.17, 15) is 0 Å². The van der Waals surface area contributed by atoms with Crippen molar-refractivity contribution in [2.45, 2.75) is 20.8 Å². The van der Waals surface area contributed by atoms with Gasteiger partial charge in [0.2, 0.25) is 0 Å². The molecule has 0 fully saturated rings. The Hall–Kier alpha value is -0.120. The summed E-state index contributed by atoms with van der Waals surface area (Å²) in [6, 6.07) is 0. The molecule has 0 radical (unpaired) electrons. The molecule has 0 bridgehead atoms. The predicted octanol–water partition coefficient (Wildman–Crippen LogP) is 1.53. The minimum Gasteiger partial charge on any atom is -0.379 e. The van der Waals surface area contributed by atoms with Crippen LogP contribution in [0.25, 0.3) is 0 Å². The summed E-state index contributed by atoms with van der Waals surface area (Å²) in [5.74, 6) is 0. The maximum Gasteiger partial charge on any atom is 0.102 e. The molecule has 0 atom stereocenters. The monoisotopic (exact) mass is 204 g/mol. The highest BCUT2D eigenvalue weighted by molar-refractivity contribution is 4.41. The standard InChI is InChI=1S/C11H26NO2/c1-5-12(6-2,8-10-13-4)9-11-14-7-3/h5-11H2,1-4H3/q+1. The van der Waals surface area contributed by atoms with Crippen LogP contribution in [0.4, 0.5) is 0 Å². The van der Waals surface area contributed by atoms with Gasteiger partial charge in [0.15, 0.2) is 0 Å². The van der Waals surface area contributed by atoms with Crippen LogP contribution in [0.5, 0.6) is 0 Å². The first-order chi connectivity index (χ1) is 6.74. The third-order valence-electron chi connectivity index (χ3n) is 3.03. The molecule has 0 rings (SSSR count). The van der Waals surface area contributed by atoms with Crippen molar-refractivity contribution in [1.82, 2.24) is 0 Å². The van der Waals surface area contributed by atoms with Crippen LogP contribution in [0, 0.1) is 0 Å². The maximum atomic E-state index is 5.42. The van der Waals surface area contributed by atoms with Crippen molar-refractivity contribution in [2.75, 3.05) is 53.1 Å². The topological polar surface area (TPSA) is 18.5 Å². The first-order valence-electron chi connectivity index (χ1n) is 5.66. The van der Waals surface area contributed by atoms with Gasteiger partial charge in [-0.15, -0.1) is 0 Å². The summed E-state index contributed by atoms with van der Waals surface area (Å²) >= 11 is 0. The van der Waals surface area contributed by atoms with E-state index in [0.29, 0.717) is 0 Å². The lowest BCUT2D eigenvalue weighted by molar-refractivity contribution is -0.925. The number of nitrogens with zero attached hydrogens (tertiary/aromatic N) is 1. The van der Waals surface area contributed by atoms with E-state index < -0.39 is 0 Å². The summed E-state index contributed by atoms with van der Waals surface area (Å²) < 4.78 is 11.7. The summed E-state index contributed by atoms with van der Waals surface area (Å²) in [6.45, 7) is 13.6.